The number of halogens is 1. The molecule has 0 aliphatic rings. The lowest BCUT2D eigenvalue weighted by Gasteiger charge is -2.12. The highest BCUT2D eigenvalue weighted by atomic mass is 35.5. The van der Waals surface area contributed by atoms with Gasteiger partial charge >= 0.3 is 0 Å². The molecule has 0 spiro atoms. The molecule has 0 unspecified atom stereocenters. The van der Waals surface area contributed by atoms with E-state index in [0.717, 1.165) is 12.3 Å². The van der Waals surface area contributed by atoms with Gasteiger partial charge in [-0.05, 0) is 24.8 Å². The number of benzene rings is 1. The van der Waals surface area contributed by atoms with E-state index in [1.54, 1.807) is 0 Å². The summed E-state index contributed by atoms with van der Waals surface area (Å²) in [4.78, 5) is 0. The highest BCUT2D eigenvalue weighted by molar-refractivity contribution is 5.85. The minimum absolute atomic E-state index is 0. The molecule has 0 aliphatic heterocycles. The van der Waals surface area contributed by atoms with Crippen LogP contribution >= 0.6 is 12.4 Å². The summed E-state index contributed by atoms with van der Waals surface area (Å²) < 4.78 is 0. The van der Waals surface area contributed by atoms with Crippen LogP contribution in [0.1, 0.15) is 56.7 Å². The first kappa shape index (κ1) is 16.5. The van der Waals surface area contributed by atoms with Crippen LogP contribution in [0.15, 0.2) is 24.3 Å². The quantitative estimate of drug-likeness (QED) is 0.737. The summed E-state index contributed by atoms with van der Waals surface area (Å²) in [6.45, 7) is 6.66. The van der Waals surface area contributed by atoms with Crippen molar-refractivity contribution in [3.63, 3.8) is 0 Å². The molecular weight excluding hydrogens is 230 g/mol. The van der Waals surface area contributed by atoms with Gasteiger partial charge in [-0.3, -0.25) is 0 Å². The van der Waals surface area contributed by atoms with Crippen molar-refractivity contribution in [1.29, 1.82) is 0 Å². The van der Waals surface area contributed by atoms with Crippen LogP contribution in [0.4, 0.5) is 0 Å². The largest absolute Gasteiger partial charge is 0.324 e. The summed E-state index contributed by atoms with van der Waals surface area (Å²) in [5, 5.41) is 0. The Balaban J connectivity index is 0.00000256. The molecule has 0 saturated heterocycles. The summed E-state index contributed by atoms with van der Waals surface area (Å²) in [5.41, 5.74) is 8.74. The molecule has 0 amide bonds. The van der Waals surface area contributed by atoms with E-state index < -0.39 is 0 Å². The van der Waals surface area contributed by atoms with E-state index in [4.69, 9.17) is 5.73 Å². The van der Waals surface area contributed by atoms with Gasteiger partial charge in [-0.2, -0.15) is 0 Å². The predicted molar refractivity (Wildman–Crippen MR) is 78.7 cm³/mol. The number of nitrogens with two attached hydrogens (primary N) is 1. The van der Waals surface area contributed by atoms with Crippen LogP contribution in [-0.4, -0.2) is 0 Å². The van der Waals surface area contributed by atoms with Crippen molar-refractivity contribution >= 4 is 12.4 Å². The molecule has 1 atom stereocenters. The molecule has 17 heavy (non-hydrogen) atoms. The van der Waals surface area contributed by atoms with Gasteiger partial charge in [0, 0.05) is 6.04 Å². The molecule has 1 nitrogen and oxygen atoms in total. The van der Waals surface area contributed by atoms with Crippen LogP contribution in [0.2, 0.25) is 0 Å². The van der Waals surface area contributed by atoms with Gasteiger partial charge in [0.2, 0.25) is 0 Å². The molecule has 0 bridgehead atoms. The number of hydrogen-bond acceptors (Lipinski definition) is 1. The van der Waals surface area contributed by atoms with Crippen LogP contribution in [0, 0.1) is 12.8 Å². The molecule has 1 aromatic rings. The maximum Gasteiger partial charge on any atom is 0.0294 e. The average molecular weight is 256 g/mol. The van der Waals surface area contributed by atoms with Gasteiger partial charge in [-0.15, -0.1) is 12.4 Å². The summed E-state index contributed by atoms with van der Waals surface area (Å²) in [5.74, 6) is 0.815. The van der Waals surface area contributed by atoms with Gasteiger partial charge in [0.25, 0.3) is 0 Å². The topological polar surface area (TPSA) is 26.0 Å². The van der Waals surface area contributed by atoms with E-state index in [-0.39, 0.29) is 18.4 Å². The number of unbranched alkanes of at least 4 members (excludes halogenated alkanes) is 1. The molecule has 0 aromatic heterocycles. The monoisotopic (exact) mass is 255 g/mol. The molecule has 0 fully saturated rings. The zero-order valence-electron chi connectivity index (χ0n) is 11.3. The zero-order chi connectivity index (χ0) is 12.0. The Hall–Kier alpha value is -0.530. The van der Waals surface area contributed by atoms with E-state index in [9.17, 15) is 0 Å². The molecule has 0 aliphatic carbocycles. The van der Waals surface area contributed by atoms with E-state index in [1.807, 2.05) is 0 Å². The summed E-state index contributed by atoms with van der Waals surface area (Å²) in [6, 6.07) is 8.81. The minimum Gasteiger partial charge on any atom is -0.324 e. The maximum atomic E-state index is 6.16. The third-order valence-corrected chi connectivity index (χ3v) is 3.05. The fourth-order valence-corrected chi connectivity index (χ4v) is 1.90. The van der Waals surface area contributed by atoms with Gasteiger partial charge in [0.15, 0.2) is 0 Å². The van der Waals surface area contributed by atoms with E-state index >= 15 is 0 Å². The van der Waals surface area contributed by atoms with Crippen molar-refractivity contribution in [2.24, 2.45) is 11.7 Å². The van der Waals surface area contributed by atoms with Gasteiger partial charge in [0.05, 0.1) is 0 Å². The van der Waals surface area contributed by atoms with Gasteiger partial charge in [0.1, 0.15) is 0 Å². The van der Waals surface area contributed by atoms with Gasteiger partial charge < -0.3 is 5.73 Å². The molecule has 2 N–H and O–H groups in total. The minimum atomic E-state index is 0. The van der Waals surface area contributed by atoms with Crippen molar-refractivity contribution in [1.82, 2.24) is 0 Å². The van der Waals surface area contributed by atoms with Crippen molar-refractivity contribution in [2.75, 3.05) is 0 Å². The van der Waals surface area contributed by atoms with Gasteiger partial charge in [-0.1, -0.05) is 62.9 Å². The Morgan fingerprint density at radius 2 is 1.53 bits per heavy atom. The predicted octanol–water partition coefficient (Wildman–Crippen LogP) is 4.63. The number of aryl methyl sites for hydroxylation is 1. The molecule has 2 heteroatoms. The third kappa shape index (κ3) is 6.70. The van der Waals surface area contributed by atoms with Crippen molar-refractivity contribution in [3.8, 4) is 0 Å². The second kappa shape index (κ2) is 8.54. The highest BCUT2D eigenvalue weighted by Gasteiger charge is 2.05. The molecule has 98 valence electrons. The summed E-state index contributed by atoms with van der Waals surface area (Å²) >= 11 is 0. The first-order chi connectivity index (χ1) is 7.59. The van der Waals surface area contributed by atoms with Crippen molar-refractivity contribution in [2.45, 2.75) is 52.5 Å². The van der Waals surface area contributed by atoms with E-state index in [0.29, 0.717) is 0 Å². The van der Waals surface area contributed by atoms with Crippen molar-refractivity contribution < 1.29 is 0 Å². The molecule has 1 rings (SSSR count). The first-order valence-electron chi connectivity index (χ1n) is 6.41. The number of rotatable bonds is 6. The lowest BCUT2D eigenvalue weighted by atomic mass is 9.98. The Bertz CT molecular complexity index is 292. The second-order valence-corrected chi connectivity index (χ2v) is 5.20. The van der Waals surface area contributed by atoms with Crippen LogP contribution in [0.5, 0.6) is 0 Å². The average Bonchev–Trinajstić information content (AvgIpc) is 2.25. The Labute approximate surface area is 112 Å². The fourth-order valence-electron chi connectivity index (χ4n) is 1.90. The molecule has 0 heterocycles. The van der Waals surface area contributed by atoms with Crippen molar-refractivity contribution in [3.05, 3.63) is 35.4 Å². The Kier molecular flexibility index (Phi) is 8.28. The first-order valence-corrected chi connectivity index (χ1v) is 6.41. The normalized spacial score (nSPS) is 12.3. The lowest BCUT2D eigenvalue weighted by Crippen LogP contribution is -2.10. The van der Waals surface area contributed by atoms with Crippen LogP contribution in [0.25, 0.3) is 0 Å². The fraction of sp³-hybridized carbons (Fsp3) is 0.600. The van der Waals surface area contributed by atoms with Crippen LogP contribution in [0.3, 0.4) is 0 Å². The maximum absolute atomic E-state index is 6.16. The Morgan fingerprint density at radius 3 is 2.06 bits per heavy atom. The van der Waals surface area contributed by atoms with Crippen LogP contribution in [-0.2, 0) is 0 Å². The standard InChI is InChI=1S/C15H25N.ClH/c1-12(2)6-4-5-7-15(16)14-10-8-13(3)9-11-14;/h8-12,15H,4-7,16H2,1-3H3;1H/t15-;/m1./s1. The lowest BCUT2D eigenvalue weighted by molar-refractivity contribution is 0.504. The molecule has 0 radical (unpaired) electrons. The van der Waals surface area contributed by atoms with Crippen LogP contribution < -0.4 is 5.73 Å². The summed E-state index contributed by atoms with van der Waals surface area (Å²) in [6.07, 6.45) is 4.97. The van der Waals surface area contributed by atoms with Gasteiger partial charge in [-0.25, -0.2) is 0 Å². The number of hydrogen-bond donors (Lipinski definition) is 1. The second-order valence-electron chi connectivity index (χ2n) is 5.20. The smallest absolute Gasteiger partial charge is 0.0294 e. The SMILES string of the molecule is Cc1ccc([C@H](N)CCCCC(C)C)cc1.Cl. The van der Waals surface area contributed by atoms with E-state index in [2.05, 4.69) is 45.0 Å². The highest BCUT2D eigenvalue weighted by Crippen LogP contribution is 2.18. The third-order valence-electron chi connectivity index (χ3n) is 3.05. The zero-order valence-corrected chi connectivity index (χ0v) is 12.1. The molecular formula is C15H26ClN. The summed E-state index contributed by atoms with van der Waals surface area (Å²) in [7, 11) is 0. The molecule has 0 saturated carbocycles. The van der Waals surface area contributed by atoms with E-state index in [1.165, 1.54) is 30.4 Å². The molecule has 1 aromatic carbocycles. The Morgan fingerprint density at radius 1 is 1.00 bits per heavy atom.